The molecule has 0 saturated carbocycles. The summed E-state index contributed by atoms with van der Waals surface area (Å²) in [5.41, 5.74) is 4.29. The summed E-state index contributed by atoms with van der Waals surface area (Å²) in [5, 5.41) is 16.8. The molecule has 3 aromatic rings. The Balaban J connectivity index is 1.19. The monoisotopic (exact) mass is 673 g/mol. The van der Waals surface area contributed by atoms with Crippen LogP contribution < -0.4 is 16.0 Å². The van der Waals surface area contributed by atoms with Crippen LogP contribution >= 0.6 is 11.6 Å². The fraction of sp³-hybridized carbons (Fsp3) is 0.472. The first-order chi connectivity index (χ1) is 23.1. The van der Waals surface area contributed by atoms with Gasteiger partial charge in [-0.05, 0) is 74.3 Å². The van der Waals surface area contributed by atoms with Crippen LogP contribution in [0, 0.1) is 24.7 Å². The average molecular weight is 674 g/mol. The number of carbonyl (C=O) groups is 4. The highest BCUT2D eigenvalue weighted by Crippen LogP contribution is 2.41. The minimum Gasteiger partial charge on any atom is -0.382 e. The quantitative estimate of drug-likeness (QED) is 0.259. The van der Waals surface area contributed by atoms with E-state index in [2.05, 4.69) is 45.2 Å². The number of piperidine rings is 1. The zero-order valence-electron chi connectivity index (χ0n) is 27.7. The summed E-state index contributed by atoms with van der Waals surface area (Å²) >= 11 is 6.23. The van der Waals surface area contributed by atoms with E-state index in [1.54, 1.807) is 22.9 Å². The average Bonchev–Trinajstić information content (AvgIpc) is 3.80. The summed E-state index contributed by atoms with van der Waals surface area (Å²) in [6, 6.07) is 16.8. The van der Waals surface area contributed by atoms with E-state index < -0.39 is 12.0 Å². The molecule has 4 heterocycles. The van der Waals surface area contributed by atoms with Gasteiger partial charge in [-0.1, -0.05) is 48.0 Å². The van der Waals surface area contributed by atoms with Crippen molar-refractivity contribution in [3.63, 3.8) is 0 Å². The first kappa shape index (κ1) is 33.5. The van der Waals surface area contributed by atoms with E-state index in [-0.39, 0.29) is 60.4 Å². The second kappa shape index (κ2) is 14.4. The van der Waals surface area contributed by atoms with Gasteiger partial charge in [0, 0.05) is 68.0 Å². The molecule has 1 aromatic heterocycles. The number of likely N-dealkylation sites (tertiary alicyclic amines) is 2. The summed E-state index contributed by atoms with van der Waals surface area (Å²) in [5.74, 6) is -1.64. The summed E-state index contributed by atoms with van der Waals surface area (Å²) in [6.45, 7) is 5.38. The van der Waals surface area contributed by atoms with Gasteiger partial charge >= 0.3 is 0 Å². The number of nitrogens with zero attached hydrogens (tertiary/aromatic N) is 3. The molecule has 48 heavy (non-hydrogen) atoms. The number of aromatic amines is 1. The number of aryl methyl sites for hydroxylation is 2. The van der Waals surface area contributed by atoms with Crippen molar-refractivity contribution >= 4 is 40.9 Å². The van der Waals surface area contributed by atoms with Gasteiger partial charge in [0.05, 0.1) is 5.92 Å². The number of carbonyl (C=O) groups excluding carboxylic acids is 4. The van der Waals surface area contributed by atoms with Crippen LogP contribution in [0.25, 0.3) is 0 Å². The van der Waals surface area contributed by atoms with Crippen LogP contribution in [0.5, 0.6) is 0 Å². The van der Waals surface area contributed by atoms with E-state index in [0.29, 0.717) is 36.8 Å². The van der Waals surface area contributed by atoms with Crippen molar-refractivity contribution in [3.05, 3.63) is 82.1 Å². The first-order valence-electron chi connectivity index (χ1n) is 16.8. The maximum Gasteiger partial charge on any atom is 0.274 e. The van der Waals surface area contributed by atoms with Crippen LogP contribution in [-0.2, 0) is 20.8 Å². The molecule has 0 radical (unpaired) electrons. The molecule has 254 valence electrons. The van der Waals surface area contributed by atoms with Gasteiger partial charge in [0.25, 0.3) is 5.91 Å². The third-order valence-electron chi connectivity index (χ3n) is 10.3. The van der Waals surface area contributed by atoms with Crippen molar-refractivity contribution in [2.75, 3.05) is 38.5 Å². The Morgan fingerprint density at radius 3 is 2.52 bits per heavy atom. The van der Waals surface area contributed by atoms with E-state index >= 15 is 0 Å². The molecule has 11 nitrogen and oxygen atoms in total. The van der Waals surface area contributed by atoms with Gasteiger partial charge in [-0.25, -0.2) is 0 Å². The lowest BCUT2D eigenvalue weighted by Gasteiger charge is -2.40. The van der Waals surface area contributed by atoms with Crippen LogP contribution in [0.4, 0.5) is 5.69 Å². The summed E-state index contributed by atoms with van der Waals surface area (Å²) in [6.07, 6.45) is 2.26. The molecule has 4 amide bonds. The predicted octanol–water partition coefficient (Wildman–Crippen LogP) is 3.76. The van der Waals surface area contributed by atoms with Gasteiger partial charge in [-0.3, -0.25) is 24.3 Å². The Bertz CT molecular complexity index is 1660. The van der Waals surface area contributed by atoms with Crippen molar-refractivity contribution in [3.8, 4) is 0 Å². The molecule has 2 aromatic carbocycles. The Labute approximate surface area is 286 Å². The zero-order chi connectivity index (χ0) is 33.9. The summed E-state index contributed by atoms with van der Waals surface area (Å²) in [4.78, 5) is 58.1. The molecule has 5 unspecified atom stereocenters. The third-order valence-corrected chi connectivity index (χ3v) is 10.5. The standard InChI is InChI=1S/C36H44ClN7O4/c1-21-14-32(42-41-21)36(48)44-18-24-17-43(33(45)16-27-22(2)39-31-15-25(37)12-13-26(27)31)20-29(28(24)19-44)34(46)40-30(35(47)38-3)11-7-10-23-8-5-4-6-9-23/h4-6,8-9,12-15,22,24,27-30,39H,7,10-11,16-20H2,1-3H3,(H,38,47)(H,40,46)(H,41,42)/t22?,24?,27?,28?,29?,30-/m0/s1. The predicted molar refractivity (Wildman–Crippen MR) is 184 cm³/mol. The van der Waals surface area contributed by atoms with Crippen molar-refractivity contribution < 1.29 is 19.2 Å². The number of amides is 4. The van der Waals surface area contributed by atoms with E-state index in [4.69, 9.17) is 11.6 Å². The van der Waals surface area contributed by atoms with Crippen LogP contribution in [0.15, 0.2) is 54.6 Å². The number of hydrogen-bond acceptors (Lipinski definition) is 6. The summed E-state index contributed by atoms with van der Waals surface area (Å²) in [7, 11) is 1.57. The lowest BCUT2D eigenvalue weighted by atomic mass is 9.78. The largest absolute Gasteiger partial charge is 0.382 e. The number of fused-ring (bicyclic) bond motifs is 2. The Kier molecular flexibility index (Phi) is 10.1. The SMILES string of the molecule is CNC(=O)[C@H](CCCc1ccccc1)NC(=O)C1CN(C(=O)CC2c3ccc(Cl)cc3NC2C)CC2CN(C(=O)c3cc(C)[nH]n3)CC21. The fourth-order valence-corrected chi connectivity index (χ4v) is 7.86. The number of H-pyrrole nitrogens is 1. The second-order valence-electron chi connectivity index (χ2n) is 13.5. The van der Waals surface area contributed by atoms with Gasteiger partial charge in [-0.15, -0.1) is 0 Å². The molecule has 3 aliphatic heterocycles. The molecular formula is C36H44ClN7O4. The van der Waals surface area contributed by atoms with Crippen LogP contribution in [-0.4, -0.2) is 88.9 Å². The number of halogens is 1. The minimum absolute atomic E-state index is 0.0360. The molecule has 6 rings (SSSR count). The van der Waals surface area contributed by atoms with Crippen LogP contribution in [0.3, 0.4) is 0 Å². The van der Waals surface area contributed by atoms with Gasteiger partial charge in [0.1, 0.15) is 11.7 Å². The molecule has 2 saturated heterocycles. The lowest BCUT2D eigenvalue weighted by Crippen LogP contribution is -2.56. The van der Waals surface area contributed by atoms with Crippen molar-refractivity contribution in [1.82, 2.24) is 30.6 Å². The topological polar surface area (TPSA) is 140 Å². The van der Waals surface area contributed by atoms with Gasteiger partial charge < -0.3 is 25.8 Å². The summed E-state index contributed by atoms with van der Waals surface area (Å²) < 4.78 is 0. The fourth-order valence-electron chi connectivity index (χ4n) is 7.69. The van der Waals surface area contributed by atoms with Crippen LogP contribution in [0.1, 0.15) is 59.4 Å². The van der Waals surface area contributed by atoms with Crippen LogP contribution in [0.2, 0.25) is 5.02 Å². The number of benzene rings is 2. The highest BCUT2D eigenvalue weighted by Gasteiger charge is 2.49. The Morgan fingerprint density at radius 2 is 1.79 bits per heavy atom. The smallest absolute Gasteiger partial charge is 0.274 e. The van der Waals surface area contributed by atoms with Crippen molar-refractivity contribution in [1.29, 1.82) is 0 Å². The van der Waals surface area contributed by atoms with Crippen molar-refractivity contribution in [2.45, 2.75) is 57.5 Å². The number of rotatable bonds is 10. The second-order valence-corrected chi connectivity index (χ2v) is 13.9. The van der Waals surface area contributed by atoms with E-state index in [1.807, 2.05) is 43.3 Å². The number of nitrogens with one attached hydrogen (secondary N) is 4. The Hall–Kier alpha value is -4.38. The molecule has 2 fully saturated rings. The number of aromatic nitrogens is 2. The molecule has 6 atom stereocenters. The first-order valence-corrected chi connectivity index (χ1v) is 17.2. The molecule has 12 heteroatoms. The lowest BCUT2D eigenvalue weighted by molar-refractivity contribution is -0.140. The number of anilines is 1. The van der Waals surface area contributed by atoms with E-state index in [1.165, 1.54) is 5.56 Å². The van der Waals surface area contributed by atoms with E-state index in [9.17, 15) is 19.2 Å². The molecule has 0 spiro atoms. The Morgan fingerprint density at radius 1 is 1.02 bits per heavy atom. The van der Waals surface area contributed by atoms with Crippen molar-refractivity contribution in [2.24, 2.45) is 17.8 Å². The number of likely N-dealkylation sites (N-methyl/N-ethyl adjacent to an activating group) is 1. The highest BCUT2D eigenvalue weighted by molar-refractivity contribution is 6.30. The maximum absolute atomic E-state index is 14.1. The molecule has 3 aliphatic rings. The van der Waals surface area contributed by atoms with Gasteiger partial charge in [0.2, 0.25) is 17.7 Å². The third kappa shape index (κ3) is 7.21. The minimum atomic E-state index is -0.712. The highest BCUT2D eigenvalue weighted by atomic mass is 35.5. The normalized spacial score (nSPS) is 23.5. The molecule has 0 aliphatic carbocycles. The number of hydrogen-bond donors (Lipinski definition) is 4. The molecule has 4 N–H and O–H groups in total. The van der Waals surface area contributed by atoms with E-state index in [0.717, 1.165) is 29.8 Å². The zero-order valence-corrected chi connectivity index (χ0v) is 28.4. The van der Waals surface area contributed by atoms with Gasteiger partial charge in [-0.2, -0.15) is 5.10 Å². The van der Waals surface area contributed by atoms with Gasteiger partial charge in [0.15, 0.2) is 0 Å². The molecule has 0 bridgehead atoms. The maximum atomic E-state index is 14.1. The molecular weight excluding hydrogens is 630 g/mol.